The second-order valence-electron chi connectivity index (χ2n) is 12.3. The second-order valence-corrected chi connectivity index (χ2v) is 12.3. The van der Waals surface area contributed by atoms with E-state index in [1.807, 2.05) is 0 Å². The van der Waals surface area contributed by atoms with Crippen molar-refractivity contribution in [3.8, 4) is 22.3 Å². The van der Waals surface area contributed by atoms with Crippen LogP contribution in [-0.2, 0) is 0 Å². The molecule has 0 aliphatic carbocycles. The zero-order valence-corrected chi connectivity index (χ0v) is 25.8. The summed E-state index contributed by atoms with van der Waals surface area (Å²) in [5.41, 5.74) is 8.27. The summed E-state index contributed by atoms with van der Waals surface area (Å²) < 4.78 is 0. The van der Waals surface area contributed by atoms with Crippen LogP contribution in [0.2, 0.25) is 0 Å². The highest BCUT2D eigenvalue weighted by Gasteiger charge is 2.16. The first-order valence-corrected chi connectivity index (χ1v) is 16.2. The average Bonchev–Trinajstić information content (AvgIpc) is 3.14. The van der Waals surface area contributed by atoms with Gasteiger partial charge in [-0.25, -0.2) is 0 Å². The van der Waals surface area contributed by atoms with E-state index < -0.39 is 0 Å². The summed E-state index contributed by atoms with van der Waals surface area (Å²) in [5.74, 6) is 0. The smallest absolute Gasteiger partial charge is 0.0468 e. The number of rotatable bonds is 5. The Labute approximate surface area is 274 Å². The van der Waals surface area contributed by atoms with Crippen molar-refractivity contribution >= 4 is 60.2 Å². The van der Waals surface area contributed by atoms with Crippen LogP contribution in [0.5, 0.6) is 0 Å². The normalized spacial score (nSPS) is 11.4. The van der Waals surface area contributed by atoms with E-state index in [2.05, 4.69) is 193 Å². The molecule has 0 unspecified atom stereocenters. The van der Waals surface area contributed by atoms with Gasteiger partial charge in [-0.05, 0) is 120 Å². The number of fused-ring (bicyclic) bond motifs is 4. The van der Waals surface area contributed by atoms with Crippen LogP contribution in [0.1, 0.15) is 0 Å². The van der Waals surface area contributed by atoms with Gasteiger partial charge in [0.25, 0.3) is 0 Å². The number of anilines is 3. The monoisotopic (exact) mass is 597 g/mol. The Kier molecular flexibility index (Phi) is 6.54. The molecule has 1 heteroatoms. The van der Waals surface area contributed by atoms with Crippen molar-refractivity contribution in [3.63, 3.8) is 0 Å². The Morgan fingerprint density at radius 1 is 0.234 bits per heavy atom. The SMILES string of the molecule is c1ccc2cc(-c3cc4ccccc4cc3-c3ccc(N(c4ccc5ccccc5c4)c4ccc5ccccc5c4)cc3)ccc2c1. The molecule has 0 saturated heterocycles. The molecule has 0 aliphatic heterocycles. The summed E-state index contributed by atoms with van der Waals surface area (Å²) in [4.78, 5) is 2.37. The van der Waals surface area contributed by atoms with E-state index in [4.69, 9.17) is 0 Å². The first kappa shape index (κ1) is 27.2. The van der Waals surface area contributed by atoms with Crippen LogP contribution in [0.3, 0.4) is 0 Å². The standard InChI is InChI=1S/C46H31N/c1-4-12-36-27-41(18-17-32(36)9-1)46-31-40-16-8-7-15-39(40)30-45(46)35-21-23-42(24-22-35)47(43-25-19-33-10-2-5-13-37(33)28-43)44-26-20-34-11-3-6-14-38(34)29-44/h1-31H. The minimum absolute atomic E-state index is 1.12. The van der Waals surface area contributed by atoms with Crippen molar-refractivity contribution < 1.29 is 0 Å². The highest BCUT2D eigenvalue weighted by Crippen LogP contribution is 2.41. The summed E-state index contributed by atoms with van der Waals surface area (Å²) >= 11 is 0. The Bertz CT molecular complexity index is 2500. The predicted molar refractivity (Wildman–Crippen MR) is 202 cm³/mol. The molecule has 0 atom stereocenters. The fourth-order valence-electron chi connectivity index (χ4n) is 6.94. The third-order valence-corrected chi connectivity index (χ3v) is 9.37. The zero-order valence-electron chi connectivity index (χ0n) is 25.8. The van der Waals surface area contributed by atoms with Crippen LogP contribution < -0.4 is 4.90 Å². The molecule has 0 fully saturated rings. The molecule has 0 amide bonds. The van der Waals surface area contributed by atoms with Gasteiger partial charge in [-0.15, -0.1) is 0 Å². The van der Waals surface area contributed by atoms with Gasteiger partial charge < -0.3 is 4.90 Å². The largest absolute Gasteiger partial charge is 0.310 e. The highest BCUT2D eigenvalue weighted by atomic mass is 15.1. The first-order chi connectivity index (χ1) is 23.3. The summed E-state index contributed by atoms with van der Waals surface area (Å²) in [7, 11) is 0. The van der Waals surface area contributed by atoms with E-state index in [-0.39, 0.29) is 0 Å². The minimum Gasteiger partial charge on any atom is -0.310 e. The van der Waals surface area contributed by atoms with Gasteiger partial charge in [0.2, 0.25) is 0 Å². The third-order valence-electron chi connectivity index (χ3n) is 9.37. The van der Waals surface area contributed by atoms with Gasteiger partial charge in [0.15, 0.2) is 0 Å². The number of benzene rings is 9. The van der Waals surface area contributed by atoms with Gasteiger partial charge in [0.05, 0.1) is 0 Å². The Morgan fingerprint density at radius 2 is 0.574 bits per heavy atom. The molecule has 220 valence electrons. The lowest BCUT2D eigenvalue weighted by molar-refractivity contribution is 1.29. The Morgan fingerprint density at radius 3 is 1.06 bits per heavy atom. The molecule has 0 aliphatic rings. The second kappa shape index (κ2) is 11.3. The van der Waals surface area contributed by atoms with Gasteiger partial charge >= 0.3 is 0 Å². The molecule has 0 bridgehead atoms. The molecule has 9 rings (SSSR count). The highest BCUT2D eigenvalue weighted by molar-refractivity contribution is 5.99. The fraction of sp³-hybridized carbons (Fsp3) is 0. The summed E-state index contributed by atoms with van der Waals surface area (Å²) in [6.07, 6.45) is 0. The van der Waals surface area contributed by atoms with Crippen LogP contribution in [-0.4, -0.2) is 0 Å². The molecule has 0 spiro atoms. The maximum atomic E-state index is 2.37. The lowest BCUT2D eigenvalue weighted by Crippen LogP contribution is -2.09. The number of hydrogen-bond acceptors (Lipinski definition) is 1. The van der Waals surface area contributed by atoms with Gasteiger partial charge in [-0.3, -0.25) is 0 Å². The van der Waals surface area contributed by atoms with Crippen LogP contribution in [0.4, 0.5) is 17.1 Å². The molecule has 0 heterocycles. The van der Waals surface area contributed by atoms with Gasteiger partial charge in [0, 0.05) is 17.1 Å². The zero-order chi connectivity index (χ0) is 31.2. The molecule has 9 aromatic carbocycles. The van der Waals surface area contributed by atoms with Crippen LogP contribution in [0.15, 0.2) is 188 Å². The van der Waals surface area contributed by atoms with Gasteiger partial charge in [-0.1, -0.05) is 133 Å². The van der Waals surface area contributed by atoms with Crippen LogP contribution >= 0.6 is 0 Å². The maximum absolute atomic E-state index is 2.37. The summed E-state index contributed by atoms with van der Waals surface area (Å²) in [5, 5.41) is 9.92. The molecule has 0 saturated carbocycles. The van der Waals surface area contributed by atoms with Crippen molar-refractivity contribution in [2.75, 3.05) is 4.90 Å². The van der Waals surface area contributed by atoms with Gasteiger partial charge in [0.1, 0.15) is 0 Å². The molecule has 9 aromatic rings. The molecule has 0 aromatic heterocycles. The molecule has 0 radical (unpaired) electrons. The molecular formula is C46H31N. The quantitative estimate of drug-likeness (QED) is 0.191. The molecule has 47 heavy (non-hydrogen) atoms. The van der Waals surface area contributed by atoms with Gasteiger partial charge in [-0.2, -0.15) is 0 Å². The van der Waals surface area contributed by atoms with Crippen LogP contribution in [0.25, 0.3) is 65.3 Å². The van der Waals surface area contributed by atoms with E-state index in [0.29, 0.717) is 0 Å². The third kappa shape index (κ3) is 4.99. The van der Waals surface area contributed by atoms with E-state index in [1.54, 1.807) is 0 Å². The summed E-state index contributed by atoms with van der Waals surface area (Å²) in [6.45, 7) is 0. The van der Waals surface area contributed by atoms with Crippen molar-refractivity contribution in [2.45, 2.75) is 0 Å². The maximum Gasteiger partial charge on any atom is 0.0468 e. The van der Waals surface area contributed by atoms with Crippen molar-refractivity contribution in [2.24, 2.45) is 0 Å². The predicted octanol–water partition coefficient (Wildman–Crippen LogP) is 13.1. The van der Waals surface area contributed by atoms with Crippen molar-refractivity contribution in [1.29, 1.82) is 0 Å². The van der Waals surface area contributed by atoms with Crippen molar-refractivity contribution in [3.05, 3.63) is 188 Å². The average molecular weight is 598 g/mol. The minimum atomic E-state index is 1.12. The van der Waals surface area contributed by atoms with E-state index in [9.17, 15) is 0 Å². The molecule has 0 N–H and O–H groups in total. The van der Waals surface area contributed by atoms with E-state index in [1.165, 1.54) is 65.3 Å². The topological polar surface area (TPSA) is 3.24 Å². The lowest BCUT2D eigenvalue weighted by Gasteiger charge is -2.26. The fourth-order valence-corrected chi connectivity index (χ4v) is 6.94. The number of hydrogen-bond donors (Lipinski definition) is 0. The summed E-state index contributed by atoms with van der Waals surface area (Å²) in [6, 6.07) is 68.4. The molecular weight excluding hydrogens is 567 g/mol. The lowest BCUT2D eigenvalue weighted by atomic mass is 9.90. The Balaban J connectivity index is 1.19. The first-order valence-electron chi connectivity index (χ1n) is 16.2. The number of nitrogens with zero attached hydrogens (tertiary/aromatic N) is 1. The van der Waals surface area contributed by atoms with Crippen LogP contribution in [0, 0.1) is 0 Å². The van der Waals surface area contributed by atoms with Crippen molar-refractivity contribution in [1.82, 2.24) is 0 Å². The molecule has 1 nitrogen and oxygen atoms in total. The van der Waals surface area contributed by atoms with E-state index >= 15 is 0 Å². The Hall–Kier alpha value is -6.18. The van der Waals surface area contributed by atoms with E-state index in [0.717, 1.165) is 17.1 Å².